The first-order valence-electron chi connectivity index (χ1n) is 5.35. The molecule has 0 aliphatic heterocycles. The Bertz CT molecular complexity index is 552. The van der Waals surface area contributed by atoms with Crippen LogP contribution in [0.2, 0.25) is 5.02 Å². The number of halogens is 2. The van der Waals surface area contributed by atoms with Crippen LogP contribution in [0.5, 0.6) is 0 Å². The summed E-state index contributed by atoms with van der Waals surface area (Å²) in [6.45, 7) is 4.11. The van der Waals surface area contributed by atoms with Crippen molar-refractivity contribution in [3.05, 3.63) is 58.4 Å². The van der Waals surface area contributed by atoms with E-state index >= 15 is 0 Å². The summed E-state index contributed by atoms with van der Waals surface area (Å²) in [5.74, 6) is -0.333. The first-order valence-corrected chi connectivity index (χ1v) is 5.73. The lowest BCUT2D eigenvalue weighted by Gasteiger charge is -2.10. The largest absolute Gasteiger partial charge is 0.354 e. The highest BCUT2D eigenvalue weighted by Gasteiger charge is 2.03. The summed E-state index contributed by atoms with van der Waals surface area (Å²) in [6, 6.07) is 10.4. The fourth-order valence-corrected chi connectivity index (χ4v) is 1.78. The van der Waals surface area contributed by atoms with Crippen LogP contribution in [0, 0.1) is 19.7 Å². The van der Waals surface area contributed by atoms with Gasteiger partial charge in [0.25, 0.3) is 0 Å². The molecule has 0 aliphatic rings. The van der Waals surface area contributed by atoms with Crippen molar-refractivity contribution in [2.45, 2.75) is 13.8 Å². The first-order chi connectivity index (χ1) is 8.06. The number of anilines is 2. The minimum absolute atomic E-state index is 0.333. The van der Waals surface area contributed by atoms with Gasteiger partial charge in [0.05, 0.1) is 10.7 Å². The van der Waals surface area contributed by atoms with E-state index in [1.807, 2.05) is 25.1 Å². The van der Waals surface area contributed by atoms with Crippen LogP contribution >= 0.6 is 11.6 Å². The minimum atomic E-state index is -0.333. The molecule has 0 radical (unpaired) electrons. The highest BCUT2D eigenvalue weighted by Crippen LogP contribution is 2.26. The first kappa shape index (κ1) is 11.9. The zero-order chi connectivity index (χ0) is 12.4. The fourth-order valence-electron chi connectivity index (χ4n) is 1.57. The lowest BCUT2D eigenvalue weighted by Crippen LogP contribution is -1.93. The second-order valence-electron chi connectivity index (χ2n) is 4.05. The molecule has 0 fully saturated rings. The predicted molar refractivity (Wildman–Crippen MR) is 70.6 cm³/mol. The zero-order valence-electron chi connectivity index (χ0n) is 9.72. The van der Waals surface area contributed by atoms with E-state index in [1.165, 1.54) is 23.3 Å². The molecule has 2 aromatic rings. The lowest BCUT2D eigenvalue weighted by atomic mass is 10.1. The van der Waals surface area contributed by atoms with Crippen LogP contribution in [0.15, 0.2) is 36.4 Å². The third-order valence-electron chi connectivity index (χ3n) is 2.72. The normalized spacial score (nSPS) is 10.4. The Balaban J connectivity index is 2.28. The molecule has 0 spiro atoms. The van der Waals surface area contributed by atoms with E-state index in [1.54, 1.807) is 6.07 Å². The van der Waals surface area contributed by atoms with Gasteiger partial charge in [-0.1, -0.05) is 17.7 Å². The Kier molecular flexibility index (Phi) is 3.34. The molecule has 0 bridgehead atoms. The molecule has 3 heteroatoms. The smallest absolute Gasteiger partial charge is 0.124 e. The summed E-state index contributed by atoms with van der Waals surface area (Å²) in [7, 11) is 0. The van der Waals surface area contributed by atoms with Gasteiger partial charge in [-0.2, -0.15) is 0 Å². The molecule has 0 unspecified atom stereocenters. The number of aryl methyl sites for hydroxylation is 2. The monoisotopic (exact) mass is 249 g/mol. The lowest BCUT2D eigenvalue weighted by molar-refractivity contribution is 0.628. The zero-order valence-corrected chi connectivity index (χ0v) is 10.5. The molecule has 0 aliphatic carbocycles. The molecule has 2 aromatic carbocycles. The molecule has 0 saturated heterocycles. The van der Waals surface area contributed by atoms with E-state index in [0.717, 1.165) is 5.69 Å². The topological polar surface area (TPSA) is 12.0 Å². The van der Waals surface area contributed by atoms with E-state index in [0.29, 0.717) is 10.7 Å². The van der Waals surface area contributed by atoms with E-state index < -0.39 is 0 Å². The van der Waals surface area contributed by atoms with Gasteiger partial charge in [-0.25, -0.2) is 4.39 Å². The Labute approximate surface area is 105 Å². The number of nitrogens with one attached hydrogen (secondary N) is 1. The summed E-state index contributed by atoms with van der Waals surface area (Å²) in [4.78, 5) is 0. The molecule has 0 saturated carbocycles. The van der Waals surface area contributed by atoms with Crippen LogP contribution in [0.25, 0.3) is 0 Å². The molecule has 0 atom stereocenters. The van der Waals surface area contributed by atoms with Crippen LogP contribution in [0.4, 0.5) is 15.8 Å². The van der Waals surface area contributed by atoms with Gasteiger partial charge in [-0.3, -0.25) is 0 Å². The van der Waals surface area contributed by atoms with Crippen LogP contribution in [-0.4, -0.2) is 0 Å². The maximum absolute atomic E-state index is 12.9. The average Bonchev–Trinajstić information content (AvgIpc) is 2.27. The van der Waals surface area contributed by atoms with E-state index in [2.05, 4.69) is 12.2 Å². The van der Waals surface area contributed by atoms with Gasteiger partial charge in [-0.15, -0.1) is 0 Å². The highest BCUT2D eigenvalue weighted by molar-refractivity contribution is 6.33. The van der Waals surface area contributed by atoms with Crippen LogP contribution in [0.3, 0.4) is 0 Å². The molecule has 2 rings (SSSR count). The molecular formula is C14H13ClFN. The highest BCUT2D eigenvalue weighted by atomic mass is 35.5. The van der Waals surface area contributed by atoms with Crippen molar-refractivity contribution in [1.29, 1.82) is 0 Å². The maximum atomic E-state index is 12.9. The maximum Gasteiger partial charge on any atom is 0.124 e. The van der Waals surface area contributed by atoms with E-state index in [-0.39, 0.29) is 5.82 Å². The minimum Gasteiger partial charge on any atom is -0.354 e. The quantitative estimate of drug-likeness (QED) is 0.803. The third kappa shape index (κ3) is 2.77. The number of hydrogen-bond donors (Lipinski definition) is 1. The van der Waals surface area contributed by atoms with Gasteiger partial charge < -0.3 is 5.32 Å². The Morgan fingerprint density at radius 1 is 1.00 bits per heavy atom. The average molecular weight is 250 g/mol. The van der Waals surface area contributed by atoms with Crippen LogP contribution in [-0.2, 0) is 0 Å². The Hall–Kier alpha value is -1.54. The number of rotatable bonds is 2. The predicted octanol–water partition coefficient (Wildman–Crippen LogP) is 4.84. The number of hydrogen-bond acceptors (Lipinski definition) is 1. The Morgan fingerprint density at radius 2 is 1.76 bits per heavy atom. The van der Waals surface area contributed by atoms with Gasteiger partial charge in [0.1, 0.15) is 5.82 Å². The van der Waals surface area contributed by atoms with Crippen molar-refractivity contribution in [2.24, 2.45) is 0 Å². The van der Waals surface area contributed by atoms with Crippen molar-refractivity contribution < 1.29 is 4.39 Å². The molecule has 0 aromatic heterocycles. The summed E-state index contributed by atoms with van der Waals surface area (Å²) >= 11 is 5.95. The van der Waals surface area contributed by atoms with Crippen molar-refractivity contribution >= 4 is 23.0 Å². The standard InChI is InChI=1S/C14H13ClFN/c1-9-3-5-12(7-10(9)2)17-14-6-4-11(16)8-13(14)15/h3-8,17H,1-2H3. The third-order valence-corrected chi connectivity index (χ3v) is 3.03. The van der Waals surface area contributed by atoms with Gasteiger partial charge in [-0.05, 0) is 55.3 Å². The van der Waals surface area contributed by atoms with Crippen molar-refractivity contribution in [3.63, 3.8) is 0 Å². The number of benzene rings is 2. The summed E-state index contributed by atoms with van der Waals surface area (Å²) in [6.07, 6.45) is 0. The van der Waals surface area contributed by atoms with Gasteiger partial charge >= 0.3 is 0 Å². The molecule has 1 nitrogen and oxygen atoms in total. The molecule has 17 heavy (non-hydrogen) atoms. The molecule has 0 amide bonds. The summed E-state index contributed by atoms with van der Waals surface area (Å²) < 4.78 is 12.9. The van der Waals surface area contributed by atoms with Gasteiger partial charge in [0.15, 0.2) is 0 Å². The van der Waals surface area contributed by atoms with Crippen LogP contribution in [0.1, 0.15) is 11.1 Å². The van der Waals surface area contributed by atoms with Gasteiger partial charge in [0, 0.05) is 5.69 Å². The molecule has 1 N–H and O–H groups in total. The van der Waals surface area contributed by atoms with Gasteiger partial charge in [0.2, 0.25) is 0 Å². The second kappa shape index (κ2) is 4.76. The summed E-state index contributed by atoms with van der Waals surface area (Å²) in [5.41, 5.74) is 4.09. The molecule has 88 valence electrons. The molecular weight excluding hydrogens is 237 g/mol. The van der Waals surface area contributed by atoms with E-state index in [4.69, 9.17) is 11.6 Å². The summed E-state index contributed by atoms with van der Waals surface area (Å²) in [5, 5.41) is 3.55. The molecule has 0 heterocycles. The van der Waals surface area contributed by atoms with Crippen LogP contribution < -0.4 is 5.32 Å². The van der Waals surface area contributed by atoms with Crippen molar-refractivity contribution in [2.75, 3.05) is 5.32 Å². The SMILES string of the molecule is Cc1ccc(Nc2ccc(F)cc2Cl)cc1C. The van der Waals surface area contributed by atoms with Crippen molar-refractivity contribution in [3.8, 4) is 0 Å². The Morgan fingerprint density at radius 3 is 2.41 bits per heavy atom. The van der Waals surface area contributed by atoms with Crippen molar-refractivity contribution in [1.82, 2.24) is 0 Å². The van der Waals surface area contributed by atoms with E-state index in [9.17, 15) is 4.39 Å². The second-order valence-corrected chi connectivity index (χ2v) is 4.46. The fraction of sp³-hybridized carbons (Fsp3) is 0.143.